The van der Waals surface area contributed by atoms with Gasteiger partial charge in [-0.25, -0.2) is 14.8 Å². The van der Waals surface area contributed by atoms with Crippen LogP contribution in [0.25, 0.3) is 27.9 Å². The molecule has 2 heterocycles. The Balaban J connectivity index is 2.01. The van der Waals surface area contributed by atoms with Crippen LogP contribution in [-0.4, -0.2) is 40.8 Å². The molecule has 2 aromatic carbocycles. The lowest BCUT2D eigenvalue weighted by molar-refractivity contribution is 0.0391. The molecule has 0 aliphatic rings. The van der Waals surface area contributed by atoms with Crippen molar-refractivity contribution >= 4 is 34.0 Å². The van der Waals surface area contributed by atoms with Crippen LogP contribution in [0.3, 0.4) is 0 Å². The molecule has 0 unspecified atom stereocenters. The van der Waals surface area contributed by atoms with E-state index in [1.807, 2.05) is 48.5 Å². The minimum absolute atomic E-state index is 0.133. The summed E-state index contributed by atoms with van der Waals surface area (Å²) in [5.74, 6) is -0.277. The molecular weight excluding hydrogens is 368 g/mol. The number of carbonyl (C=O) groups excluding carboxylic acids is 1. The van der Waals surface area contributed by atoms with Gasteiger partial charge in [0.05, 0.1) is 23.3 Å². The second kappa shape index (κ2) is 7.89. The van der Waals surface area contributed by atoms with Gasteiger partial charge in [-0.3, -0.25) is 4.57 Å². The van der Waals surface area contributed by atoms with Gasteiger partial charge >= 0.3 is 5.97 Å². The van der Waals surface area contributed by atoms with E-state index in [0.29, 0.717) is 23.3 Å². The van der Waals surface area contributed by atoms with Gasteiger partial charge in [0.2, 0.25) is 0 Å². The van der Waals surface area contributed by atoms with E-state index in [-0.39, 0.29) is 18.0 Å². The number of aromatic nitrogens is 3. The van der Waals surface area contributed by atoms with Gasteiger partial charge in [-0.1, -0.05) is 37.3 Å². The second-order valence-corrected chi connectivity index (χ2v) is 6.59. The van der Waals surface area contributed by atoms with Crippen molar-refractivity contribution in [2.24, 2.45) is 0 Å². The highest BCUT2D eigenvalue weighted by molar-refractivity contribution is 6.09. The summed E-state index contributed by atoms with van der Waals surface area (Å²) < 4.78 is 12.1. The summed E-state index contributed by atoms with van der Waals surface area (Å²) in [6, 6.07) is 15.4. The number of hydrogen-bond acceptors (Lipinski definition) is 6. The van der Waals surface area contributed by atoms with Crippen LogP contribution < -0.4 is 5.73 Å². The predicted octanol–water partition coefficient (Wildman–Crippen LogP) is 3.52. The van der Waals surface area contributed by atoms with Gasteiger partial charge in [0.25, 0.3) is 0 Å². The summed E-state index contributed by atoms with van der Waals surface area (Å²) in [6.07, 6.45) is 0.809. The molecular formula is C22H22N4O3. The van der Waals surface area contributed by atoms with Gasteiger partial charge in [-0.2, -0.15) is 0 Å². The number of fused-ring (bicyclic) bond motifs is 2. The fourth-order valence-corrected chi connectivity index (χ4v) is 3.42. The van der Waals surface area contributed by atoms with E-state index < -0.39 is 5.97 Å². The van der Waals surface area contributed by atoms with Gasteiger partial charge in [0.1, 0.15) is 23.5 Å². The molecule has 2 aromatic heterocycles. The van der Waals surface area contributed by atoms with Gasteiger partial charge < -0.3 is 15.2 Å². The molecule has 29 heavy (non-hydrogen) atoms. The number of carbonyl (C=O) groups is 1. The van der Waals surface area contributed by atoms with Gasteiger partial charge in [-0.05, 0) is 30.2 Å². The van der Waals surface area contributed by atoms with Gasteiger partial charge in [-0.15, -0.1) is 0 Å². The number of benzene rings is 2. The quantitative estimate of drug-likeness (QED) is 0.400. The minimum Gasteiger partial charge on any atom is -0.459 e. The van der Waals surface area contributed by atoms with Crippen molar-refractivity contribution in [2.45, 2.75) is 13.3 Å². The van der Waals surface area contributed by atoms with Crippen LogP contribution in [0.15, 0.2) is 48.5 Å². The number of aryl methyl sites for hydroxylation is 1. The number of rotatable bonds is 6. The monoisotopic (exact) mass is 390 g/mol. The van der Waals surface area contributed by atoms with Gasteiger partial charge in [0.15, 0.2) is 5.65 Å². The zero-order valence-corrected chi connectivity index (χ0v) is 16.4. The molecule has 0 saturated heterocycles. The summed E-state index contributed by atoms with van der Waals surface area (Å²) in [4.78, 5) is 22.3. The third kappa shape index (κ3) is 3.30. The number of nitrogens with zero attached hydrogens (tertiary/aromatic N) is 3. The number of nitrogens with two attached hydrogens (primary N) is 1. The fourth-order valence-electron chi connectivity index (χ4n) is 3.42. The number of esters is 1. The van der Waals surface area contributed by atoms with Crippen molar-refractivity contribution in [1.82, 2.24) is 14.5 Å². The maximum Gasteiger partial charge on any atom is 0.344 e. The van der Waals surface area contributed by atoms with E-state index >= 15 is 0 Å². The van der Waals surface area contributed by atoms with Gasteiger partial charge in [0, 0.05) is 7.11 Å². The van der Waals surface area contributed by atoms with Crippen LogP contribution in [0.5, 0.6) is 0 Å². The molecule has 4 aromatic rings. The third-order valence-corrected chi connectivity index (χ3v) is 4.84. The van der Waals surface area contributed by atoms with E-state index in [1.165, 1.54) is 0 Å². The Hall–Kier alpha value is -3.45. The smallest absolute Gasteiger partial charge is 0.344 e. The average Bonchev–Trinajstić information content (AvgIpc) is 3.02. The first-order valence-corrected chi connectivity index (χ1v) is 9.46. The molecule has 7 heteroatoms. The zero-order chi connectivity index (χ0) is 20.4. The maximum atomic E-state index is 12.9. The number of ether oxygens (including phenoxy) is 2. The normalized spacial score (nSPS) is 11.2. The number of hydrogen-bond donors (Lipinski definition) is 1. The molecule has 0 saturated carbocycles. The van der Waals surface area contributed by atoms with E-state index in [1.54, 1.807) is 11.7 Å². The molecule has 0 bridgehead atoms. The molecule has 0 aliphatic carbocycles. The summed E-state index contributed by atoms with van der Waals surface area (Å²) >= 11 is 0. The Morgan fingerprint density at radius 3 is 2.45 bits per heavy atom. The molecule has 0 amide bonds. The molecule has 0 aliphatic heterocycles. The van der Waals surface area contributed by atoms with Crippen molar-refractivity contribution in [3.05, 3.63) is 59.7 Å². The standard InChI is InChI=1S/C22H22N4O3/c1-3-14-8-4-7-11-17(14)26-20(23)18(22(27)29-13-12-28-2)19-21(26)25-16-10-6-5-9-15(16)24-19/h4-11H,3,12-13,23H2,1-2H3. The lowest BCUT2D eigenvalue weighted by Gasteiger charge is -2.12. The molecule has 7 nitrogen and oxygen atoms in total. The topological polar surface area (TPSA) is 92.3 Å². The fraction of sp³-hybridized carbons (Fsp3) is 0.227. The highest BCUT2D eigenvalue weighted by Crippen LogP contribution is 2.32. The van der Waals surface area contributed by atoms with E-state index in [2.05, 4.69) is 6.92 Å². The Kier molecular flexibility index (Phi) is 5.14. The van der Waals surface area contributed by atoms with Crippen LogP contribution in [0.1, 0.15) is 22.8 Å². The average molecular weight is 390 g/mol. The largest absolute Gasteiger partial charge is 0.459 e. The molecule has 0 radical (unpaired) electrons. The molecule has 4 rings (SSSR count). The highest BCUT2D eigenvalue weighted by atomic mass is 16.6. The summed E-state index contributed by atoms with van der Waals surface area (Å²) in [6.45, 7) is 2.51. The highest BCUT2D eigenvalue weighted by Gasteiger charge is 2.26. The van der Waals surface area contributed by atoms with Crippen LogP contribution in [0, 0.1) is 0 Å². The van der Waals surface area contributed by atoms with Crippen molar-refractivity contribution in [2.75, 3.05) is 26.1 Å². The third-order valence-electron chi connectivity index (χ3n) is 4.84. The second-order valence-electron chi connectivity index (χ2n) is 6.59. The molecule has 0 spiro atoms. The van der Waals surface area contributed by atoms with Crippen molar-refractivity contribution < 1.29 is 14.3 Å². The molecule has 2 N–H and O–H groups in total. The predicted molar refractivity (Wildman–Crippen MR) is 112 cm³/mol. The van der Waals surface area contributed by atoms with E-state index in [0.717, 1.165) is 23.2 Å². The van der Waals surface area contributed by atoms with Crippen molar-refractivity contribution in [3.8, 4) is 5.69 Å². The van der Waals surface area contributed by atoms with Crippen LogP contribution in [0.2, 0.25) is 0 Å². The first-order valence-electron chi connectivity index (χ1n) is 9.46. The van der Waals surface area contributed by atoms with Crippen molar-refractivity contribution in [3.63, 3.8) is 0 Å². The lowest BCUT2D eigenvalue weighted by Crippen LogP contribution is -2.12. The Morgan fingerprint density at radius 1 is 1.03 bits per heavy atom. The van der Waals surface area contributed by atoms with Crippen molar-refractivity contribution in [1.29, 1.82) is 0 Å². The van der Waals surface area contributed by atoms with E-state index in [9.17, 15) is 4.79 Å². The molecule has 148 valence electrons. The SMILES string of the molecule is CCc1ccccc1-n1c(N)c(C(=O)OCCOC)c2nc3ccccc3nc21. The summed E-state index contributed by atoms with van der Waals surface area (Å²) in [5.41, 5.74) is 11.0. The zero-order valence-electron chi connectivity index (χ0n) is 16.4. The Labute approximate surface area is 168 Å². The molecule has 0 atom stereocenters. The maximum absolute atomic E-state index is 12.9. The summed E-state index contributed by atoms with van der Waals surface area (Å²) in [7, 11) is 1.55. The van der Waals surface area contributed by atoms with E-state index in [4.69, 9.17) is 25.2 Å². The number of methoxy groups -OCH3 is 1. The van der Waals surface area contributed by atoms with Crippen LogP contribution in [0.4, 0.5) is 5.82 Å². The van der Waals surface area contributed by atoms with Crippen LogP contribution in [-0.2, 0) is 15.9 Å². The first kappa shape index (κ1) is 18.9. The Bertz CT molecular complexity index is 1200. The number of nitrogen functional groups attached to an aromatic ring is 1. The Morgan fingerprint density at radius 2 is 1.72 bits per heavy atom. The first-order chi connectivity index (χ1) is 14.2. The number of anilines is 1. The minimum atomic E-state index is -0.540. The van der Waals surface area contributed by atoms with Crippen LogP contribution >= 0.6 is 0 Å². The molecule has 0 fully saturated rings. The number of para-hydroxylation sites is 3. The summed E-state index contributed by atoms with van der Waals surface area (Å²) in [5, 5.41) is 0. The lowest BCUT2D eigenvalue weighted by atomic mass is 10.1.